The number of hydrogen-bond donors (Lipinski definition) is 3. The van der Waals surface area contributed by atoms with E-state index in [1.54, 1.807) is 23.7 Å². The molecule has 5 rings (SSSR count). The molecule has 0 spiro atoms. The molecule has 1 fully saturated rings. The summed E-state index contributed by atoms with van der Waals surface area (Å²) in [7, 11) is 1.87. The van der Waals surface area contributed by atoms with Crippen molar-refractivity contribution in [2.75, 3.05) is 29.6 Å². The van der Waals surface area contributed by atoms with E-state index in [0.29, 0.717) is 18.1 Å². The summed E-state index contributed by atoms with van der Waals surface area (Å²) < 4.78 is 37.9. The van der Waals surface area contributed by atoms with Gasteiger partial charge in [0.1, 0.15) is 5.82 Å². The van der Waals surface area contributed by atoms with Crippen molar-refractivity contribution in [3.05, 3.63) is 41.6 Å². The van der Waals surface area contributed by atoms with Crippen molar-refractivity contribution >= 4 is 34.7 Å². The number of aryl methyl sites for hydroxylation is 1. The maximum Gasteiger partial charge on any atom is 0.273 e. The smallest absolute Gasteiger partial charge is 0.273 e. The topological polar surface area (TPSA) is 130 Å². The molecule has 12 heteroatoms. The number of nitrogens with one attached hydrogen (secondary N) is 3. The summed E-state index contributed by atoms with van der Waals surface area (Å²) in [6, 6.07) is 6.71. The predicted molar refractivity (Wildman–Crippen MR) is 119 cm³/mol. The number of rotatable bonds is 5. The molecule has 2 aliphatic rings. The maximum atomic E-state index is 14.2. The Morgan fingerprint density at radius 3 is 2.82 bits per heavy atom. The Morgan fingerprint density at radius 2 is 2.06 bits per heavy atom. The zero-order valence-corrected chi connectivity index (χ0v) is 17.8. The first kappa shape index (κ1) is 17.5. The van der Waals surface area contributed by atoms with Crippen molar-refractivity contribution in [2.45, 2.75) is 32.0 Å². The van der Waals surface area contributed by atoms with E-state index in [9.17, 15) is 14.0 Å². The number of hydrogen-bond acceptors (Lipinski definition) is 8. The Kier molecular flexibility index (Phi) is 3.97. The van der Waals surface area contributed by atoms with Gasteiger partial charge in [-0.05, 0) is 31.9 Å². The van der Waals surface area contributed by atoms with E-state index in [1.165, 1.54) is 6.07 Å². The predicted octanol–water partition coefficient (Wildman–Crippen LogP) is 1.86. The van der Waals surface area contributed by atoms with Crippen molar-refractivity contribution in [2.24, 2.45) is 0 Å². The third-order valence-corrected chi connectivity index (χ3v) is 5.51. The van der Waals surface area contributed by atoms with Gasteiger partial charge in [0.15, 0.2) is 23.0 Å². The normalized spacial score (nSPS) is 17.1. The summed E-state index contributed by atoms with van der Waals surface area (Å²) in [5.41, 5.74) is -0.179. The van der Waals surface area contributed by atoms with Crippen LogP contribution in [-0.4, -0.2) is 56.5 Å². The van der Waals surface area contributed by atoms with Gasteiger partial charge >= 0.3 is 0 Å². The molecular formula is C21H22FN9O2. The monoisotopic (exact) mass is 454 g/mol. The van der Waals surface area contributed by atoms with Crippen LogP contribution < -0.4 is 20.9 Å². The van der Waals surface area contributed by atoms with Crippen molar-refractivity contribution in [1.29, 1.82) is 0 Å². The second-order valence-corrected chi connectivity index (χ2v) is 8.01. The van der Waals surface area contributed by atoms with Crippen LogP contribution in [0.1, 0.15) is 39.1 Å². The number of halogens is 1. The minimum atomic E-state index is -2.76. The largest absolute Gasteiger partial charge is 0.364 e. The number of carbonyl (C=O) groups excluding carboxylic acids is 2. The zero-order valence-electron chi connectivity index (χ0n) is 20.8. The average Bonchev–Trinajstić information content (AvgIpc) is 3.43. The van der Waals surface area contributed by atoms with Crippen molar-refractivity contribution in [3.8, 4) is 5.69 Å². The second-order valence-electron chi connectivity index (χ2n) is 8.01. The number of carbonyl (C=O) groups is 2. The highest BCUT2D eigenvalue weighted by Gasteiger charge is 2.51. The molecule has 0 atom stereocenters. The summed E-state index contributed by atoms with van der Waals surface area (Å²) in [6.07, 6.45) is 0.228. The van der Waals surface area contributed by atoms with E-state index in [4.69, 9.17) is 4.11 Å². The number of amides is 2. The lowest BCUT2D eigenvalue weighted by Gasteiger charge is -2.29. The van der Waals surface area contributed by atoms with E-state index in [2.05, 4.69) is 30.9 Å². The highest BCUT2D eigenvalue weighted by atomic mass is 19.1. The Bertz CT molecular complexity index is 1390. The molecule has 1 aliphatic heterocycles. The SMILES string of the molecule is [2H]C([2H])([2H])NC(=O)c1nnc(NC(=O)C2(F)CC2)cc1Nc1cccc2c1N(C)Cc1nc(C)nn1-2. The third-order valence-electron chi connectivity index (χ3n) is 5.51. The summed E-state index contributed by atoms with van der Waals surface area (Å²) in [6.45, 7) is -0.499. The van der Waals surface area contributed by atoms with Crippen molar-refractivity contribution < 1.29 is 18.1 Å². The van der Waals surface area contributed by atoms with Gasteiger partial charge in [-0.2, -0.15) is 5.10 Å². The molecule has 0 radical (unpaired) electrons. The molecule has 33 heavy (non-hydrogen) atoms. The molecular weight excluding hydrogens is 429 g/mol. The van der Waals surface area contributed by atoms with Gasteiger partial charge in [-0.3, -0.25) is 9.59 Å². The van der Waals surface area contributed by atoms with E-state index in [0.717, 1.165) is 17.2 Å². The standard InChI is InChI=1S/C21H22FN9O2/c1-11-24-16-10-30(3)18-12(5-4-6-14(18)31(16)29-11)25-13-9-15(26-20(33)21(22)7-8-21)27-28-17(13)19(32)23-2/h4-6,9H,7-8,10H2,1-3H3,(H,23,32)(H2,25,26,27,33)/i2D3. The van der Waals surface area contributed by atoms with Crippen molar-refractivity contribution in [1.82, 2.24) is 30.3 Å². The number of anilines is 4. The van der Waals surface area contributed by atoms with Gasteiger partial charge in [0.2, 0.25) is 0 Å². The minimum Gasteiger partial charge on any atom is -0.364 e. The van der Waals surface area contributed by atoms with E-state index in [-0.39, 0.29) is 30.0 Å². The van der Waals surface area contributed by atoms with Gasteiger partial charge in [-0.25, -0.2) is 14.1 Å². The Hall–Kier alpha value is -4.09. The minimum absolute atomic E-state index is 0.0631. The lowest BCUT2D eigenvalue weighted by molar-refractivity contribution is -0.122. The summed E-state index contributed by atoms with van der Waals surface area (Å²) in [5, 5.41) is 19.4. The van der Waals surface area contributed by atoms with Crippen LogP contribution in [-0.2, 0) is 11.3 Å². The number of para-hydroxylation sites is 1. The number of nitrogens with zero attached hydrogens (tertiary/aromatic N) is 6. The van der Waals surface area contributed by atoms with Crippen LogP contribution in [0.15, 0.2) is 24.3 Å². The molecule has 3 N–H and O–H groups in total. The fourth-order valence-corrected chi connectivity index (χ4v) is 3.73. The molecule has 1 aliphatic carbocycles. The lowest BCUT2D eigenvalue weighted by atomic mass is 10.1. The molecule has 0 saturated heterocycles. The number of fused-ring (bicyclic) bond motifs is 3. The number of alkyl halides is 1. The van der Waals surface area contributed by atoms with Gasteiger partial charge in [-0.15, -0.1) is 10.2 Å². The Labute approximate surface area is 192 Å². The fourth-order valence-electron chi connectivity index (χ4n) is 3.73. The summed E-state index contributed by atoms with van der Waals surface area (Å²) in [4.78, 5) is 31.3. The first-order valence-electron chi connectivity index (χ1n) is 11.7. The molecule has 0 unspecified atom stereocenters. The second kappa shape index (κ2) is 7.50. The molecule has 2 amide bonds. The molecule has 1 saturated carbocycles. The highest BCUT2D eigenvalue weighted by Crippen LogP contribution is 2.41. The lowest BCUT2D eigenvalue weighted by Crippen LogP contribution is -2.28. The van der Waals surface area contributed by atoms with E-state index < -0.39 is 24.5 Å². The van der Waals surface area contributed by atoms with Crippen LogP contribution in [0.3, 0.4) is 0 Å². The molecule has 170 valence electrons. The summed E-state index contributed by atoms with van der Waals surface area (Å²) >= 11 is 0. The fraction of sp³-hybridized carbons (Fsp3) is 0.333. The van der Waals surface area contributed by atoms with Gasteiger partial charge in [0.05, 0.1) is 29.3 Å². The van der Waals surface area contributed by atoms with Crippen LogP contribution in [0.5, 0.6) is 0 Å². The van der Waals surface area contributed by atoms with Gasteiger partial charge in [0, 0.05) is 24.2 Å². The van der Waals surface area contributed by atoms with Crippen molar-refractivity contribution in [3.63, 3.8) is 0 Å². The quantitative estimate of drug-likeness (QED) is 0.533. The van der Waals surface area contributed by atoms with Crippen LogP contribution >= 0.6 is 0 Å². The first-order valence-corrected chi connectivity index (χ1v) is 10.2. The van der Waals surface area contributed by atoms with Crippen LogP contribution in [0, 0.1) is 6.92 Å². The molecule has 3 heterocycles. The Morgan fingerprint density at radius 1 is 1.24 bits per heavy atom. The molecule has 1 aromatic carbocycles. The average molecular weight is 454 g/mol. The van der Waals surface area contributed by atoms with Gasteiger partial charge < -0.3 is 20.9 Å². The van der Waals surface area contributed by atoms with Crippen LogP contribution in [0.2, 0.25) is 0 Å². The molecule has 11 nitrogen and oxygen atoms in total. The zero-order chi connectivity index (χ0) is 25.8. The number of benzene rings is 1. The maximum absolute atomic E-state index is 14.2. The molecule has 3 aromatic rings. The molecule has 0 bridgehead atoms. The van der Waals surface area contributed by atoms with Crippen LogP contribution in [0.4, 0.5) is 27.3 Å². The third kappa shape index (κ3) is 3.62. The van der Waals surface area contributed by atoms with E-state index in [1.807, 2.05) is 23.3 Å². The van der Waals surface area contributed by atoms with Crippen LogP contribution in [0.25, 0.3) is 5.69 Å². The Balaban J connectivity index is 1.54. The van der Waals surface area contributed by atoms with E-state index >= 15 is 0 Å². The summed E-state index contributed by atoms with van der Waals surface area (Å²) in [5.74, 6) is -0.571. The highest BCUT2D eigenvalue weighted by molar-refractivity contribution is 6.01. The van der Waals surface area contributed by atoms with Gasteiger partial charge in [0.25, 0.3) is 11.8 Å². The van der Waals surface area contributed by atoms with Gasteiger partial charge in [-0.1, -0.05) is 6.07 Å². The first-order chi connectivity index (χ1) is 16.9. The molecule has 2 aromatic heterocycles. The number of aromatic nitrogens is 5.